The number of thiophene rings is 1. The van der Waals surface area contributed by atoms with E-state index in [1.807, 2.05) is 37.3 Å². The number of guanidine groups is 1. The Labute approximate surface area is 166 Å². The minimum Gasteiger partial charge on any atom is -0.389 e. The fraction of sp³-hybridized carbons (Fsp3) is 0.476. The summed E-state index contributed by atoms with van der Waals surface area (Å²) in [6.45, 7) is 9.02. The van der Waals surface area contributed by atoms with Gasteiger partial charge in [-0.05, 0) is 23.9 Å². The molecule has 2 rings (SSSR count). The summed E-state index contributed by atoms with van der Waals surface area (Å²) >= 11 is 1.75. The first-order valence-electron chi connectivity index (χ1n) is 9.37. The summed E-state index contributed by atoms with van der Waals surface area (Å²) < 4.78 is 5.59. The van der Waals surface area contributed by atoms with Crippen LogP contribution < -0.4 is 10.6 Å². The van der Waals surface area contributed by atoms with Gasteiger partial charge in [0.2, 0.25) is 0 Å². The van der Waals surface area contributed by atoms with Crippen molar-refractivity contribution in [3.05, 3.63) is 58.3 Å². The lowest BCUT2D eigenvalue weighted by Gasteiger charge is -2.22. The maximum atomic E-state index is 10.2. The summed E-state index contributed by atoms with van der Waals surface area (Å²) in [5.41, 5.74) is 1.08. The lowest BCUT2D eigenvalue weighted by molar-refractivity contribution is 0.0308. The molecule has 1 heterocycles. The van der Waals surface area contributed by atoms with E-state index < -0.39 is 6.10 Å². The summed E-state index contributed by atoms with van der Waals surface area (Å²) in [7, 11) is 0. The topological polar surface area (TPSA) is 65.9 Å². The van der Waals surface area contributed by atoms with E-state index in [1.165, 1.54) is 4.88 Å². The van der Waals surface area contributed by atoms with Gasteiger partial charge in [0.25, 0.3) is 0 Å². The zero-order valence-electron chi connectivity index (χ0n) is 16.4. The quantitative estimate of drug-likeness (QED) is 0.431. The molecule has 1 aromatic heterocycles. The summed E-state index contributed by atoms with van der Waals surface area (Å²) in [6.07, 6.45) is -0.595. The second-order valence-electron chi connectivity index (χ2n) is 7.09. The predicted molar refractivity (Wildman–Crippen MR) is 113 cm³/mol. The molecule has 0 aliphatic rings. The first-order chi connectivity index (χ1) is 13.0. The number of hydrogen-bond donors (Lipinski definition) is 3. The fourth-order valence-electron chi connectivity index (χ4n) is 2.52. The molecule has 0 aliphatic carbocycles. The molecular weight excluding hydrogens is 358 g/mol. The van der Waals surface area contributed by atoms with E-state index in [1.54, 1.807) is 11.3 Å². The molecule has 1 unspecified atom stereocenters. The Bertz CT molecular complexity index is 672. The smallest absolute Gasteiger partial charge is 0.191 e. The molecule has 0 amide bonds. The van der Waals surface area contributed by atoms with Gasteiger partial charge < -0.3 is 20.5 Å². The fourth-order valence-corrected chi connectivity index (χ4v) is 3.36. The van der Waals surface area contributed by atoms with Crippen molar-refractivity contribution in [2.75, 3.05) is 26.2 Å². The van der Waals surface area contributed by atoms with Gasteiger partial charge >= 0.3 is 0 Å². The molecule has 3 N–H and O–H groups in total. The van der Waals surface area contributed by atoms with Crippen LogP contribution in [0.2, 0.25) is 0 Å². The van der Waals surface area contributed by atoms with Crippen LogP contribution in [-0.2, 0) is 16.8 Å². The Hall–Kier alpha value is -1.89. The highest BCUT2D eigenvalue weighted by atomic mass is 32.1. The van der Waals surface area contributed by atoms with E-state index in [4.69, 9.17) is 9.73 Å². The minimum absolute atomic E-state index is 0.0199. The molecular formula is C21H31N3O2S. The Balaban J connectivity index is 1.77. The highest BCUT2D eigenvalue weighted by Gasteiger charge is 2.21. The molecule has 1 aromatic carbocycles. The van der Waals surface area contributed by atoms with Crippen molar-refractivity contribution in [3.63, 3.8) is 0 Å². The number of aliphatic hydroxyl groups excluding tert-OH is 1. The van der Waals surface area contributed by atoms with Crippen molar-refractivity contribution in [2.24, 2.45) is 4.99 Å². The van der Waals surface area contributed by atoms with Crippen LogP contribution in [0.15, 0.2) is 52.8 Å². The van der Waals surface area contributed by atoms with Crippen LogP contribution >= 0.6 is 11.3 Å². The largest absolute Gasteiger partial charge is 0.389 e. The van der Waals surface area contributed by atoms with E-state index in [2.05, 4.69) is 42.0 Å². The monoisotopic (exact) mass is 389 g/mol. The van der Waals surface area contributed by atoms with E-state index >= 15 is 0 Å². The average Bonchev–Trinajstić information content (AvgIpc) is 3.21. The van der Waals surface area contributed by atoms with Crippen molar-refractivity contribution in [3.8, 4) is 0 Å². The van der Waals surface area contributed by atoms with Crippen molar-refractivity contribution in [1.82, 2.24) is 10.6 Å². The molecule has 2 aromatic rings. The Morgan fingerprint density at radius 3 is 2.63 bits per heavy atom. The van der Waals surface area contributed by atoms with Crippen molar-refractivity contribution >= 4 is 17.3 Å². The third-order valence-electron chi connectivity index (χ3n) is 4.09. The third kappa shape index (κ3) is 7.71. The van der Waals surface area contributed by atoms with Gasteiger partial charge in [-0.25, -0.2) is 0 Å². The molecule has 0 radical (unpaired) electrons. The second kappa shape index (κ2) is 11.1. The molecule has 1 atom stereocenters. The lowest BCUT2D eigenvalue weighted by atomic mass is 9.92. The van der Waals surface area contributed by atoms with Gasteiger partial charge in [-0.2, -0.15) is 0 Å². The number of hydrogen-bond acceptors (Lipinski definition) is 4. The molecule has 0 saturated carbocycles. The van der Waals surface area contributed by atoms with Crippen molar-refractivity contribution in [1.29, 1.82) is 0 Å². The first kappa shape index (κ1) is 21.4. The van der Waals surface area contributed by atoms with Crippen LogP contribution in [0.25, 0.3) is 0 Å². The van der Waals surface area contributed by atoms with Crippen LogP contribution in [0.4, 0.5) is 0 Å². The zero-order valence-corrected chi connectivity index (χ0v) is 17.3. The van der Waals surface area contributed by atoms with Gasteiger partial charge in [-0.15, -0.1) is 11.3 Å². The number of aliphatic hydroxyl groups is 1. The molecule has 5 nitrogen and oxygen atoms in total. The molecule has 148 valence electrons. The highest BCUT2D eigenvalue weighted by Crippen LogP contribution is 2.27. The van der Waals surface area contributed by atoms with Crippen LogP contribution in [0.3, 0.4) is 0 Å². The number of ether oxygens (including phenoxy) is 1. The van der Waals surface area contributed by atoms with Gasteiger partial charge in [0.15, 0.2) is 5.96 Å². The predicted octanol–water partition coefficient (Wildman–Crippen LogP) is 3.16. The van der Waals surface area contributed by atoms with Gasteiger partial charge in [0.1, 0.15) is 0 Å². The van der Waals surface area contributed by atoms with Crippen LogP contribution in [0, 0.1) is 0 Å². The highest BCUT2D eigenvalue weighted by molar-refractivity contribution is 7.10. The van der Waals surface area contributed by atoms with Crippen LogP contribution in [-0.4, -0.2) is 43.4 Å². The zero-order chi connectivity index (χ0) is 19.5. The summed E-state index contributed by atoms with van der Waals surface area (Å²) in [5.74, 6) is 0.712. The Morgan fingerprint density at radius 1 is 1.19 bits per heavy atom. The van der Waals surface area contributed by atoms with Crippen LogP contribution in [0.5, 0.6) is 0 Å². The number of aliphatic imine (C=N–C) groups is 1. The van der Waals surface area contributed by atoms with Crippen LogP contribution in [0.1, 0.15) is 31.2 Å². The number of rotatable bonds is 10. The standard InChI is InChI=1S/C21H31N3O2S/c1-4-22-20(24-16-21(2,3)19-11-8-12-27-19)23-13-18(25)15-26-14-17-9-6-5-7-10-17/h5-12,18,25H,4,13-16H2,1-3H3,(H2,22,23,24). The van der Waals surface area contributed by atoms with Gasteiger partial charge in [-0.1, -0.05) is 50.2 Å². The number of nitrogens with zero attached hydrogens (tertiary/aromatic N) is 1. The third-order valence-corrected chi connectivity index (χ3v) is 5.33. The number of benzene rings is 1. The minimum atomic E-state index is -0.595. The Kier molecular flexibility index (Phi) is 8.78. The summed E-state index contributed by atoms with van der Waals surface area (Å²) in [6, 6.07) is 14.2. The molecule has 0 bridgehead atoms. The SMILES string of the molecule is CCNC(=NCC(C)(C)c1cccs1)NCC(O)COCc1ccccc1. The van der Waals surface area contributed by atoms with E-state index in [0.29, 0.717) is 25.7 Å². The summed E-state index contributed by atoms with van der Waals surface area (Å²) in [4.78, 5) is 6.01. The van der Waals surface area contributed by atoms with Gasteiger partial charge in [0.05, 0.1) is 25.9 Å². The van der Waals surface area contributed by atoms with E-state index in [9.17, 15) is 5.11 Å². The lowest BCUT2D eigenvalue weighted by Crippen LogP contribution is -2.43. The van der Waals surface area contributed by atoms with E-state index in [-0.39, 0.29) is 12.0 Å². The Morgan fingerprint density at radius 2 is 1.96 bits per heavy atom. The molecule has 0 aliphatic heterocycles. The maximum absolute atomic E-state index is 10.2. The van der Waals surface area contributed by atoms with Gasteiger partial charge in [-0.3, -0.25) is 4.99 Å². The van der Waals surface area contributed by atoms with Crippen molar-refractivity contribution in [2.45, 2.75) is 38.9 Å². The first-order valence-corrected chi connectivity index (χ1v) is 10.2. The average molecular weight is 390 g/mol. The second-order valence-corrected chi connectivity index (χ2v) is 8.04. The number of nitrogens with one attached hydrogen (secondary N) is 2. The van der Waals surface area contributed by atoms with Crippen molar-refractivity contribution < 1.29 is 9.84 Å². The molecule has 0 fully saturated rings. The molecule has 27 heavy (non-hydrogen) atoms. The molecule has 0 spiro atoms. The van der Waals surface area contributed by atoms with E-state index in [0.717, 1.165) is 12.1 Å². The van der Waals surface area contributed by atoms with Gasteiger partial charge in [0, 0.05) is 23.4 Å². The molecule has 6 heteroatoms. The summed E-state index contributed by atoms with van der Waals surface area (Å²) in [5, 5.41) is 18.7. The maximum Gasteiger partial charge on any atom is 0.191 e. The molecule has 0 saturated heterocycles. The normalized spacial score (nSPS) is 13.4.